The van der Waals surface area contributed by atoms with Gasteiger partial charge in [0.25, 0.3) is 0 Å². The van der Waals surface area contributed by atoms with Crippen LogP contribution in [0, 0.1) is 0 Å². The van der Waals surface area contributed by atoms with Gasteiger partial charge in [-0.3, -0.25) is 4.79 Å². The SMILES string of the molecule is COCCCNC(=O)C(C)(C)c1c[nH]c2cc(Cl)ccc12. The summed E-state index contributed by atoms with van der Waals surface area (Å²) in [6, 6.07) is 5.66. The Morgan fingerprint density at radius 2 is 2.19 bits per heavy atom. The summed E-state index contributed by atoms with van der Waals surface area (Å²) in [5, 5.41) is 4.67. The molecule has 0 aliphatic rings. The van der Waals surface area contributed by atoms with Gasteiger partial charge in [0.1, 0.15) is 0 Å². The van der Waals surface area contributed by atoms with Gasteiger partial charge in [-0.1, -0.05) is 17.7 Å². The molecule has 0 fully saturated rings. The highest BCUT2D eigenvalue weighted by atomic mass is 35.5. The molecule has 0 saturated carbocycles. The van der Waals surface area contributed by atoms with Crippen molar-refractivity contribution in [3.05, 3.63) is 35.0 Å². The van der Waals surface area contributed by atoms with E-state index >= 15 is 0 Å². The van der Waals surface area contributed by atoms with Crippen LogP contribution in [0.25, 0.3) is 10.9 Å². The molecule has 5 heteroatoms. The third-order valence-electron chi connectivity index (χ3n) is 3.70. The molecule has 0 unspecified atom stereocenters. The molecule has 0 atom stereocenters. The molecule has 114 valence electrons. The van der Waals surface area contributed by atoms with E-state index in [1.807, 2.05) is 38.2 Å². The monoisotopic (exact) mass is 308 g/mol. The zero-order valence-corrected chi connectivity index (χ0v) is 13.4. The lowest BCUT2D eigenvalue weighted by Crippen LogP contribution is -2.40. The molecule has 1 aromatic carbocycles. The van der Waals surface area contributed by atoms with Crippen LogP contribution in [0.2, 0.25) is 5.02 Å². The minimum absolute atomic E-state index is 0.00875. The molecule has 4 nitrogen and oxygen atoms in total. The van der Waals surface area contributed by atoms with Crippen molar-refractivity contribution >= 4 is 28.4 Å². The van der Waals surface area contributed by atoms with Crippen molar-refractivity contribution in [2.24, 2.45) is 0 Å². The van der Waals surface area contributed by atoms with E-state index in [9.17, 15) is 4.79 Å². The summed E-state index contributed by atoms with van der Waals surface area (Å²) in [5.74, 6) is 0.00875. The first kappa shape index (κ1) is 15.9. The second-order valence-electron chi connectivity index (χ2n) is 5.62. The fourth-order valence-corrected chi connectivity index (χ4v) is 2.55. The van der Waals surface area contributed by atoms with Crippen molar-refractivity contribution < 1.29 is 9.53 Å². The lowest BCUT2D eigenvalue weighted by molar-refractivity contribution is -0.125. The largest absolute Gasteiger partial charge is 0.385 e. The van der Waals surface area contributed by atoms with Crippen molar-refractivity contribution in [3.63, 3.8) is 0 Å². The summed E-state index contributed by atoms with van der Waals surface area (Å²) >= 11 is 5.99. The van der Waals surface area contributed by atoms with Crippen LogP contribution in [0.3, 0.4) is 0 Å². The number of carbonyl (C=O) groups excluding carboxylic acids is 1. The van der Waals surface area contributed by atoms with Gasteiger partial charge in [-0.25, -0.2) is 0 Å². The van der Waals surface area contributed by atoms with Crippen molar-refractivity contribution in [2.75, 3.05) is 20.3 Å². The first-order chi connectivity index (χ1) is 9.96. The molecule has 0 radical (unpaired) electrons. The van der Waals surface area contributed by atoms with Crippen LogP contribution in [-0.2, 0) is 14.9 Å². The molecule has 0 spiro atoms. The van der Waals surface area contributed by atoms with Crippen LogP contribution in [0.1, 0.15) is 25.8 Å². The number of amides is 1. The highest BCUT2D eigenvalue weighted by Crippen LogP contribution is 2.31. The Kier molecular flexibility index (Phi) is 4.91. The van der Waals surface area contributed by atoms with E-state index in [4.69, 9.17) is 16.3 Å². The van der Waals surface area contributed by atoms with Crippen LogP contribution >= 0.6 is 11.6 Å². The van der Waals surface area contributed by atoms with E-state index in [1.165, 1.54) is 0 Å². The molecule has 0 saturated heterocycles. The van der Waals surface area contributed by atoms with Gasteiger partial charge < -0.3 is 15.0 Å². The van der Waals surface area contributed by atoms with E-state index in [-0.39, 0.29) is 5.91 Å². The minimum Gasteiger partial charge on any atom is -0.385 e. The number of ether oxygens (including phenoxy) is 1. The van der Waals surface area contributed by atoms with Gasteiger partial charge >= 0.3 is 0 Å². The fraction of sp³-hybridized carbons (Fsp3) is 0.438. The Hall–Kier alpha value is -1.52. The second kappa shape index (κ2) is 6.50. The number of halogens is 1. The van der Waals surface area contributed by atoms with E-state index in [1.54, 1.807) is 7.11 Å². The number of fused-ring (bicyclic) bond motifs is 1. The Bertz CT molecular complexity index is 634. The summed E-state index contributed by atoms with van der Waals surface area (Å²) in [5.41, 5.74) is 1.30. The zero-order valence-electron chi connectivity index (χ0n) is 12.6. The quantitative estimate of drug-likeness (QED) is 0.805. The summed E-state index contributed by atoms with van der Waals surface area (Å²) in [6.45, 7) is 5.11. The van der Waals surface area contributed by atoms with Crippen molar-refractivity contribution in [1.29, 1.82) is 0 Å². The number of hydrogen-bond donors (Lipinski definition) is 2. The predicted octanol–water partition coefficient (Wildman–Crippen LogP) is 3.25. The molecule has 0 bridgehead atoms. The maximum absolute atomic E-state index is 12.4. The maximum atomic E-state index is 12.4. The third kappa shape index (κ3) is 3.39. The average Bonchev–Trinajstić information content (AvgIpc) is 2.86. The molecular formula is C16H21ClN2O2. The molecule has 1 aromatic heterocycles. The van der Waals surface area contributed by atoms with Gasteiger partial charge in [-0.2, -0.15) is 0 Å². The van der Waals surface area contributed by atoms with Crippen LogP contribution in [0.5, 0.6) is 0 Å². The lowest BCUT2D eigenvalue weighted by atomic mass is 9.83. The molecule has 0 aliphatic carbocycles. The summed E-state index contributed by atoms with van der Waals surface area (Å²) in [4.78, 5) is 15.6. The first-order valence-electron chi connectivity index (χ1n) is 7.01. The number of benzene rings is 1. The van der Waals surface area contributed by atoms with Crippen LogP contribution in [0.4, 0.5) is 0 Å². The number of H-pyrrole nitrogens is 1. The number of rotatable bonds is 6. The maximum Gasteiger partial charge on any atom is 0.230 e. The highest BCUT2D eigenvalue weighted by molar-refractivity contribution is 6.31. The van der Waals surface area contributed by atoms with Gasteiger partial charge in [0.05, 0.1) is 5.41 Å². The Morgan fingerprint density at radius 1 is 1.43 bits per heavy atom. The van der Waals surface area contributed by atoms with Gasteiger partial charge in [0.15, 0.2) is 0 Å². The van der Waals surface area contributed by atoms with Crippen molar-refractivity contribution in [1.82, 2.24) is 10.3 Å². The molecule has 2 rings (SSSR count). The third-order valence-corrected chi connectivity index (χ3v) is 3.93. The van der Waals surface area contributed by atoms with Gasteiger partial charge in [0.2, 0.25) is 5.91 Å². The normalized spacial score (nSPS) is 11.8. The van der Waals surface area contributed by atoms with E-state index in [2.05, 4.69) is 10.3 Å². The highest BCUT2D eigenvalue weighted by Gasteiger charge is 2.31. The molecule has 1 amide bonds. The molecule has 21 heavy (non-hydrogen) atoms. The number of hydrogen-bond acceptors (Lipinski definition) is 2. The topological polar surface area (TPSA) is 54.1 Å². The lowest BCUT2D eigenvalue weighted by Gasteiger charge is -2.23. The average molecular weight is 309 g/mol. The zero-order chi connectivity index (χ0) is 15.5. The Balaban J connectivity index is 2.18. The fourth-order valence-electron chi connectivity index (χ4n) is 2.38. The van der Waals surface area contributed by atoms with Crippen molar-refractivity contribution in [3.8, 4) is 0 Å². The first-order valence-corrected chi connectivity index (χ1v) is 7.39. The standard InChI is InChI=1S/C16H21ClN2O2/c1-16(2,15(20)18-7-4-8-21-3)13-10-19-14-9-11(17)5-6-12(13)14/h5-6,9-10,19H,4,7-8H2,1-3H3,(H,18,20). The Labute approximate surface area is 129 Å². The number of methoxy groups -OCH3 is 1. The molecule has 1 heterocycles. The van der Waals surface area contributed by atoms with Gasteiger partial charge in [0, 0.05) is 42.4 Å². The molecule has 2 N–H and O–H groups in total. The minimum atomic E-state index is -0.612. The molecule has 2 aromatic rings. The van der Waals surface area contributed by atoms with E-state index < -0.39 is 5.41 Å². The van der Waals surface area contributed by atoms with Crippen LogP contribution in [-0.4, -0.2) is 31.2 Å². The van der Waals surface area contributed by atoms with Crippen molar-refractivity contribution in [2.45, 2.75) is 25.7 Å². The number of aromatic amines is 1. The predicted molar refractivity (Wildman–Crippen MR) is 85.8 cm³/mol. The molecular weight excluding hydrogens is 288 g/mol. The summed E-state index contributed by atoms with van der Waals surface area (Å²) < 4.78 is 4.98. The second-order valence-corrected chi connectivity index (χ2v) is 6.06. The Morgan fingerprint density at radius 3 is 2.90 bits per heavy atom. The van der Waals surface area contributed by atoms with E-state index in [0.717, 1.165) is 22.9 Å². The van der Waals surface area contributed by atoms with E-state index in [0.29, 0.717) is 18.2 Å². The summed E-state index contributed by atoms with van der Waals surface area (Å²) in [7, 11) is 1.66. The number of carbonyl (C=O) groups is 1. The number of aromatic nitrogens is 1. The van der Waals surface area contributed by atoms with Gasteiger partial charge in [-0.15, -0.1) is 0 Å². The molecule has 0 aliphatic heterocycles. The smallest absolute Gasteiger partial charge is 0.230 e. The van der Waals surface area contributed by atoms with Crippen LogP contribution in [0.15, 0.2) is 24.4 Å². The van der Waals surface area contributed by atoms with Gasteiger partial charge in [-0.05, 0) is 38.0 Å². The van der Waals surface area contributed by atoms with Crippen LogP contribution < -0.4 is 5.32 Å². The number of nitrogens with one attached hydrogen (secondary N) is 2. The summed E-state index contributed by atoms with van der Waals surface area (Å²) in [6.07, 6.45) is 2.69.